The summed E-state index contributed by atoms with van der Waals surface area (Å²) in [6, 6.07) is 16.4. The van der Waals surface area contributed by atoms with Crippen molar-refractivity contribution in [3.05, 3.63) is 81.8 Å². The molecule has 2 aromatic heterocycles. The zero-order chi connectivity index (χ0) is 27.4. The number of hydrogen-bond donors (Lipinski definition) is 2. The van der Waals surface area contributed by atoms with Crippen LogP contribution in [0.2, 0.25) is 0 Å². The van der Waals surface area contributed by atoms with E-state index in [1.165, 1.54) is 5.01 Å². The van der Waals surface area contributed by atoms with E-state index >= 15 is 0 Å². The van der Waals surface area contributed by atoms with Gasteiger partial charge in [0.15, 0.2) is 0 Å². The molecule has 0 saturated heterocycles. The van der Waals surface area contributed by atoms with Crippen LogP contribution >= 0.6 is 11.3 Å². The topological polar surface area (TPSA) is 116 Å². The lowest BCUT2D eigenvalue weighted by Gasteiger charge is -2.20. The lowest BCUT2D eigenvalue weighted by Crippen LogP contribution is -2.33. The van der Waals surface area contributed by atoms with Crippen LogP contribution in [-0.4, -0.2) is 34.1 Å². The Balaban J connectivity index is 1.37. The maximum absolute atomic E-state index is 13.2. The molecule has 0 saturated carbocycles. The van der Waals surface area contributed by atoms with Gasteiger partial charge in [-0.15, -0.1) is 11.3 Å². The van der Waals surface area contributed by atoms with Crippen LogP contribution < -0.4 is 15.8 Å². The molecule has 0 fully saturated rings. The summed E-state index contributed by atoms with van der Waals surface area (Å²) < 4.78 is 0. The average Bonchev–Trinajstić information content (AvgIpc) is 3.50. The summed E-state index contributed by atoms with van der Waals surface area (Å²) in [6.45, 7) is 10.1. The van der Waals surface area contributed by atoms with Gasteiger partial charge in [-0.1, -0.05) is 39.0 Å². The van der Waals surface area contributed by atoms with Crippen molar-refractivity contribution >= 4 is 46.2 Å². The molecule has 196 valence electrons. The fourth-order valence-electron chi connectivity index (χ4n) is 3.94. The number of carbonyl (C=O) groups is 3. The largest absolute Gasteiger partial charge is 0.346 e. The van der Waals surface area contributed by atoms with E-state index < -0.39 is 11.8 Å². The first-order valence-electron chi connectivity index (χ1n) is 12.2. The molecule has 0 bridgehead atoms. The van der Waals surface area contributed by atoms with Crippen LogP contribution in [0.3, 0.4) is 0 Å². The molecule has 3 heterocycles. The zero-order valence-electron chi connectivity index (χ0n) is 22.0. The number of rotatable bonds is 7. The van der Waals surface area contributed by atoms with Crippen molar-refractivity contribution in [1.29, 1.82) is 0 Å². The van der Waals surface area contributed by atoms with Crippen LogP contribution in [0.1, 0.15) is 65.2 Å². The number of hydrazone groups is 2. The van der Waals surface area contributed by atoms with Crippen LogP contribution in [0, 0.1) is 5.92 Å². The number of benzene rings is 1. The molecule has 4 rings (SSSR count). The zero-order valence-corrected chi connectivity index (χ0v) is 22.8. The van der Waals surface area contributed by atoms with Crippen molar-refractivity contribution in [1.82, 2.24) is 15.7 Å². The second-order valence-electron chi connectivity index (χ2n) is 9.98. The number of nitrogens with zero attached hydrogens (tertiary/aromatic N) is 4. The first-order valence-corrected chi connectivity index (χ1v) is 13.0. The second kappa shape index (κ2) is 11.1. The molecule has 1 atom stereocenters. The van der Waals surface area contributed by atoms with Crippen LogP contribution in [0.5, 0.6) is 0 Å². The molecule has 1 aliphatic heterocycles. The van der Waals surface area contributed by atoms with E-state index in [-0.39, 0.29) is 23.8 Å². The van der Waals surface area contributed by atoms with Crippen molar-refractivity contribution in [2.45, 2.75) is 46.6 Å². The summed E-state index contributed by atoms with van der Waals surface area (Å²) in [4.78, 5) is 43.2. The number of anilines is 1. The Morgan fingerprint density at radius 2 is 1.71 bits per heavy atom. The van der Waals surface area contributed by atoms with E-state index in [9.17, 15) is 14.4 Å². The molecule has 0 spiro atoms. The van der Waals surface area contributed by atoms with E-state index in [1.807, 2.05) is 36.4 Å². The highest BCUT2D eigenvalue weighted by Crippen LogP contribution is 2.28. The third-order valence-electron chi connectivity index (χ3n) is 6.07. The van der Waals surface area contributed by atoms with E-state index in [0.717, 1.165) is 22.6 Å². The van der Waals surface area contributed by atoms with Gasteiger partial charge in [0.25, 0.3) is 17.7 Å². The van der Waals surface area contributed by atoms with Crippen LogP contribution in [0.15, 0.2) is 71.0 Å². The van der Waals surface area contributed by atoms with Gasteiger partial charge >= 0.3 is 0 Å². The third-order valence-corrected chi connectivity index (χ3v) is 7.15. The molecular formula is C28H30N6O3S. The van der Waals surface area contributed by atoms with Crippen molar-refractivity contribution in [2.24, 2.45) is 16.1 Å². The molecule has 38 heavy (non-hydrogen) atoms. The van der Waals surface area contributed by atoms with Crippen molar-refractivity contribution in [2.75, 3.05) is 5.01 Å². The van der Waals surface area contributed by atoms with Gasteiger partial charge in [-0.25, -0.2) is 5.43 Å². The molecule has 10 heteroatoms. The molecule has 3 amide bonds. The molecular weight excluding hydrogens is 500 g/mol. The Hall–Kier alpha value is -4.18. The molecule has 3 aromatic rings. The highest BCUT2D eigenvalue weighted by molar-refractivity contribution is 7.15. The lowest BCUT2D eigenvalue weighted by molar-refractivity contribution is -0.118. The SMILES string of the molecule is CC1=NN(c2ccc(C(C)(C)C)cc2)C(=O)C1/C(C)=N/NC(=O)c1ccc(C(=O)NCc2ccccn2)s1. The number of amides is 3. The molecule has 1 aromatic carbocycles. The molecule has 0 radical (unpaired) electrons. The van der Waals surface area contributed by atoms with E-state index in [1.54, 1.807) is 38.2 Å². The maximum atomic E-state index is 13.2. The number of carbonyl (C=O) groups excluding carboxylic acids is 3. The van der Waals surface area contributed by atoms with E-state index in [4.69, 9.17) is 0 Å². The molecule has 9 nitrogen and oxygen atoms in total. The highest BCUT2D eigenvalue weighted by Gasteiger charge is 2.36. The number of aromatic nitrogens is 1. The highest BCUT2D eigenvalue weighted by atomic mass is 32.1. The Labute approximate surface area is 225 Å². The lowest BCUT2D eigenvalue weighted by atomic mass is 9.87. The van der Waals surface area contributed by atoms with Crippen LogP contribution in [0.25, 0.3) is 0 Å². The van der Waals surface area contributed by atoms with Gasteiger partial charge in [0.2, 0.25) is 0 Å². The van der Waals surface area contributed by atoms with Gasteiger partial charge < -0.3 is 5.32 Å². The predicted octanol–water partition coefficient (Wildman–Crippen LogP) is 4.52. The van der Waals surface area contributed by atoms with Crippen molar-refractivity contribution in [3.8, 4) is 0 Å². The first-order chi connectivity index (χ1) is 18.0. The fraction of sp³-hybridized carbons (Fsp3) is 0.286. The first kappa shape index (κ1) is 26.9. The maximum Gasteiger partial charge on any atom is 0.281 e. The van der Waals surface area contributed by atoms with Crippen molar-refractivity contribution < 1.29 is 14.4 Å². The molecule has 1 aliphatic rings. The predicted molar refractivity (Wildman–Crippen MR) is 150 cm³/mol. The minimum absolute atomic E-state index is 0.00346. The van der Waals surface area contributed by atoms with Gasteiger partial charge in [0.1, 0.15) is 5.92 Å². The second-order valence-corrected chi connectivity index (χ2v) is 11.1. The normalized spacial score (nSPS) is 15.9. The fourth-order valence-corrected chi connectivity index (χ4v) is 4.75. The van der Waals surface area contributed by atoms with Gasteiger partial charge in [-0.3, -0.25) is 19.4 Å². The third kappa shape index (κ3) is 6.03. The molecule has 1 unspecified atom stereocenters. The minimum Gasteiger partial charge on any atom is -0.346 e. The number of pyridine rings is 1. The molecule has 2 N–H and O–H groups in total. The number of nitrogens with one attached hydrogen (secondary N) is 2. The van der Waals surface area contributed by atoms with Gasteiger partial charge in [-0.2, -0.15) is 15.2 Å². The summed E-state index contributed by atoms with van der Waals surface area (Å²) in [5, 5.41) is 12.8. The van der Waals surface area contributed by atoms with E-state index in [2.05, 4.69) is 46.7 Å². The smallest absolute Gasteiger partial charge is 0.281 e. The Morgan fingerprint density at radius 3 is 2.34 bits per heavy atom. The summed E-state index contributed by atoms with van der Waals surface area (Å²) >= 11 is 1.06. The summed E-state index contributed by atoms with van der Waals surface area (Å²) in [7, 11) is 0. The Morgan fingerprint density at radius 1 is 1.03 bits per heavy atom. The standard InChI is InChI=1S/C28H30N6O3S/c1-17(24-18(2)33-34(27(24)37)21-11-9-19(10-12-21)28(3,4)5)31-32-26(36)23-14-13-22(38-23)25(35)30-16-20-8-6-7-15-29-20/h6-15,24H,16H2,1-5H3,(H,30,35)(H,32,36)/b31-17+. The summed E-state index contributed by atoms with van der Waals surface area (Å²) in [5.74, 6) is -1.66. The van der Waals surface area contributed by atoms with Gasteiger partial charge in [-0.05, 0) is 61.2 Å². The number of hydrogen-bond acceptors (Lipinski definition) is 7. The van der Waals surface area contributed by atoms with Gasteiger partial charge in [0.05, 0.1) is 39.1 Å². The summed E-state index contributed by atoms with van der Waals surface area (Å²) in [5.41, 5.74) is 6.08. The Kier molecular flexibility index (Phi) is 7.82. The Bertz CT molecular complexity index is 1400. The monoisotopic (exact) mass is 530 g/mol. The number of thiophene rings is 1. The molecule has 0 aliphatic carbocycles. The van der Waals surface area contributed by atoms with Crippen LogP contribution in [0.4, 0.5) is 5.69 Å². The summed E-state index contributed by atoms with van der Waals surface area (Å²) in [6.07, 6.45) is 1.66. The quantitative estimate of drug-likeness (QED) is 0.345. The van der Waals surface area contributed by atoms with Crippen LogP contribution in [-0.2, 0) is 16.8 Å². The van der Waals surface area contributed by atoms with Crippen molar-refractivity contribution in [3.63, 3.8) is 0 Å². The average molecular weight is 531 g/mol. The minimum atomic E-state index is -0.672. The van der Waals surface area contributed by atoms with E-state index in [0.29, 0.717) is 26.9 Å². The van der Waals surface area contributed by atoms with Gasteiger partial charge in [0, 0.05) is 6.20 Å².